The average Bonchev–Trinajstić information content (AvgIpc) is 2.39. The number of hydrogen-bond donors (Lipinski definition) is 3. The Labute approximate surface area is 114 Å². The van der Waals surface area contributed by atoms with Crippen molar-refractivity contribution in [2.45, 2.75) is 32.4 Å². The number of carbonyl (C=O) groups excluding carboxylic acids is 1. The van der Waals surface area contributed by atoms with Crippen LogP contribution >= 0.6 is 0 Å². The molecule has 0 fully saturated rings. The fourth-order valence-electron chi connectivity index (χ4n) is 1.78. The van der Waals surface area contributed by atoms with Crippen molar-refractivity contribution < 1.29 is 14.6 Å². The van der Waals surface area contributed by atoms with E-state index in [1.165, 1.54) is 0 Å². The second-order valence-corrected chi connectivity index (χ2v) is 4.46. The third-order valence-electron chi connectivity index (χ3n) is 2.74. The maximum Gasteiger partial charge on any atom is 0.319 e. The van der Waals surface area contributed by atoms with Gasteiger partial charge in [0.15, 0.2) is 0 Å². The van der Waals surface area contributed by atoms with Crippen molar-refractivity contribution in [3.05, 3.63) is 29.8 Å². The van der Waals surface area contributed by atoms with Crippen LogP contribution in [0.25, 0.3) is 0 Å². The monoisotopic (exact) mass is 266 g/mol. The molecule has 0 heterocycles. The summed E-state index contributed by atoms with van der Waals surface area (Å²) in [5, 5.41) is 14.4. The lowest BCUT2D eigenvalue weighted by atomic mass is 10.2. The minimum Gasteiger partial charge on any atom is -0.396 e. The first-order valence-corrected chi connectivity index (χ1v) is 6.42. The van der Waals surface area contributed by atoms with Crippen LogP contribution in [-0.4, -0.2) is 30.9 Å². The Morgan fingerprint density at radius 1 is 1.42 bits per heavy atom. The number of methoxy groups -OCH3 is 1. The summed E-state index contributed by atoms with van der Waals surface area (Å²) >= 11 is 0. The summed E-state index contributed by atoms with van der Waals surface area (Å²) in [6.45, 7) is 2.51. The summed E-state index contributed by atoms with van der Waals surface area (Å²) in [5.41, 5.74) is 1.68. The van der Waals surface area contributed by atoms with Gasteiger partial charge >= 0.3 is 6.03 Å². The van der Waals surface area contributed by atoms with Gasteiger partial charge in [-0.25, -0.2) is 4.79 Å². The second kappa shape index (κ2) is 8.50. The van der Waals surface area contributed by atoms with Gasteiger partial charge in [-0.3, -0.25) is 0 Å². The Bertz CT molecular complexity index is 396. The number of anilines is 1. The highest BCUT2D eigenvalue weighted by atomic mass is 16.5. The summed E-state index contributed by atoms with van der Waals surface area (Å²) in [4.78, 5) is 11.8. The first kappa shape index (κ1) is 15.5. The van der Waals surface area contributed by atoms with Crippen molar-refractivity contribution in [2.24, 2.45) is 0 Å². The fourth-order valence-corrected chi connectivity index (χ4v) is 1.78. The van der Waals surface area contributed by atoms with E-state index in [0.717, 1.165) is 17.7 Å². The summed E-state index contributed by atoms with van der Waals surface area (Å²) in [6.07, 6.45) is 1.44. The Morgan fingerprint density at radius 2 is 2.16 bits per heavy atom. The zero-order valence-corrected chi connectivity index (χ0v) is 11.5. The summed E-state index contributed by atoms with van der Waals surface area (Å²) in [6, 6.07) is 7.31. The molecular formula is C14H22N2O3. The number of carbonyl (C=O) groups is 1. The highest BCUT2D eigenvalue weighted by Crippen LogP contribution is 2.15. The third kappa shape index (κ3) is 5.72. The van der Waals surface area contributed by atoms with Gasteiger partial charge in [0.05, 0.1) is 6.61 Å². The zero-order valence-electron chi connectivity index (χ0n) is 11.5. The minimum atomic E-state index is -0.242. The second-order valence-electron chi connectivity index (χ2n) is 4.46. The summed E-state index contributed by atoms with van der Waals surface area (Å²) in [5.74, 6) is 0. The van der Waals surface area contributed by atoms with Gasteiger partial charge in [0.25, 0.3) is 0 Å². The van der Waals surface area contributed by atoms with E-state index in [9.17, 15) is 4.79 Å². The van der Waals surface area contributed by atoms with Gasteiger partial charge in [-0.05, 0) is 25.8 Å². The predicted octanol–water partition coefficient (Wildman–Crippen LogP) is 2.12. The standard InChI is InChI=1S/C14H22N2O3/c1-11(6-5-9-17)15-14(18)16-13-8-4-3-7-12(13)10-19-2/h3-4,7-8,11,17H,5-6,9-10H2,1-2H3,(H2,15,16,18). The Balaban J connectivity index is 2.52. The van der Waals surface area contributed by atoms with Crippen molar-refractivity contribution >= 4 is 11.7 Å². The van der Waals surface area contributed by atoms with Crippen molar-refractivity contribution in [2.75, 3.05) is 19.0 Å². The average molecular weight is 266 g/mol. The van der Waals surface area contributed by atoms with Crippen LogP contribution in [0.2, 0.25) is 0 Å². The van der Waals surface area contributed by atoms with Gasteiger partial charge in [-0.1, -0.05) is 18.2 Å². The van der Waals surface area contributed by atoms with Gasteiger partial charge in [0.1, 0.15) is 0 Å². The first-order chi connectivity index (χ1) is 9.17. The van der Waals surface area contributed by atoms with Crippen molar-refractivity contribution in [3.8, 4) is 0 Å². The molecule has 5 nitrogen and oxygen atoms in total. The maximum absolute atomic E-state index is 11.8. The van der Waals surface area contributed by atoms with Crippen molar-refractivity contribution in [1.29, 1.82) is 0 Å². The number of aliphatic hydroxyl groups excluding tert-OH is 1. The lowest BCUT2D eigenvalue weighted by Gasteiger charge is -2.15. The van der Waals surface area contributed by atoms with E-state index in [0.29, 0.717) is 13.0 Å². The number of para-hydroxylation sites is 1. The van der Waals surface area contributed by atoms with Crippen LogP contribution in [0, 0.1) is 0 Å². The molecule has 106 valence electrons. The lowest BCUT2D eigenvalue weighted by molar-refractivity contribution is 0.185. The van der Waals surface area contributed by atoms with E-state index in [1.54, 1.807) is 7.11 Å². The fraction of sp³-hybridized carbons (Fsp3) is 0.500. The first-order valence-electron chi connectivity index (χ1n) is 6.42. The quantitative estimate of drug-likeness (QED) is 0.708. The molecule has 19 heavy (non-hydrogen) atoms. The van der Waals surface area contributed by atoms with Crippen LogP contribution < -0.4 is 10.6 Å². The molecule has 2 amide bonds. The van der Waals surface area contributed by atoms with Crippen LogP contribution in [0.1, 0.15) is 25.3 Å². The summed E-state index contributed by atoms with van der Waals surface area (Å²) < 4.78 is 5.08. The van der Waals surface area contributed by atoms with E-state index < -0.39 is 0 Å². The molecule has 0 saturated carbocycles. The number of hydrogen-bond acceptors (Lipinski definition) is 3. The molecule has 3 N–H and O–H groups in total. The molecule has 0 aromatic heterocycles. The number of rotatable bonds is 7. The molecule has 1 atom stereocenters. The van der Waals surface area contributed by atoms with Crippen LogP contribution in [-0.2, 0) is 11.3 Å². The highest BCUT2D eigenvalue weighted by molar-refractivity contribution is 5.90. The van der Waals surface area contributed by atoms with Gasteiger partial charge in [0.2, 0.25) is 0 Å². The van der Waals surface area contributed by atoms with Crippen molar-refractivity contribution in [3.63, 3.8) is 0 Å². The molecule has 1 rings (SSSR count). The smallest absolute Gasteiger partial charge is 0.319 e. The molecule has 0 aliphatic carbocycles. The molecule has 1 aromatic rings. The summed E-state index contributed by atoms with van der Waals surface area (Å²) in [7, 11) is 1.62. The molecule has 1 aromatic carbocycles. The number of amides is 2. The van der Waals surface area contributed by atoms with E-state index >= 15 is 0 Å². The van der Waals surface area contributed by atoms with Crippen molar-refractivity contribution in [1.82, 2.24) is 5.32 Å². The molecular weight excluding hydrogens is 244 g/mol. The van der Waals surface area contributed by atoms with Gasteiger partial charge in [0, 0.05) is 31.0 Å². The number of aliphatic hydroxyl groups is 1. The lowest BCUT2D eigenvalue weighted by Crippen LogP contribution is -2.36. The molecule has 0 saturated heterocycles. The molecule has 0 radical (unpaired) electrons. The topological polar surface area (TPSA) is 70.6 Å². The predicted molar refractivity (Wildman–Crippen MR) is 75.1 cm³/mol. The Morgan fingerprint density at radius 3 is 2.84 bits per heavy atom. The molecule has 0 spiro atoms. The number of ether oxygens (including phenoxy) is 1. The Hall–Kier alpha value is -1.59. The van der Waals surface area contributed by atoms with Gasteiger partial charge in [-0.15, -0.1) is 0 Å². The maximum atomic E-state index is 11.8. The normalized spacial score (nSPS) is 11.9. The molecule has 1 unspecified atom stereocenters. The highest BCUT2D eigenvalue weighted by Gasteiger charge is 2.09. The number of urea groups is 1. The molecule has 0 aliphatic rings. The van der Waals surface area contributed by atoms with E-state index in [1.807, 2.05) is 31.2 Å². The van der Waals surface area contributed by atoms with Crippen LogP contribution in [0.15, 0.2) is 24.3 Å². The van der Waals surface area contributed by atoms with Crippen LogP contribution in [0.5, 0.6) is 0 Å². The Kier molecular flexibility index (Phi) is 6.92. The SMILES string of the molecule is COCc1ccccc1NC(=O)NC(C)CCCO. The van der Waals surface area contributed by atoms with E-state index in [-0.39, 0.29) is 18.7 Å². The van der Waals surface area contributed by atoms with Gasteiger partial charge < -0.3 is 20.5 Å². The molecule has 0 bridgehead atoms. The molecule has 0 aliphatic heterocycles. The number of benzene rings is 1. The van der Waals surface area contributed by atoms with E-state index in [2.05, 4.69) is 10.6 Å². The largest absolute Gasteiger partial charge is 0.396 e. The zero-order chi connectivity index (χ0) is 14.1. The van der Waals surface area contributed by atoms with Gasteiger partial charge in [-0.2, -0.15) is 0 Å². The molecule has 5 heteroatoms. The van der Waals surface area contributed by atoms with E-state index in [4.69, 9.17) is 9.84 Å². The number of nitrogens with one attached hydrogen (secondary N) is 2. The van der Waals surface area contributed by atoms with Crippen LogP contribution in [0.3, 0.4) is 0 Å². The minimum absolute atomic E-state index is 0.0294. The van der Waals surface area contributed by atoms with Crippen LogP contribution in [0.4, 0.5) is 10.5 Å². The third-order valence-corrected chi connectivity index (χ3v) is 2.74.